The number of anilines is 1. The zero-order chi connectivity index (χ0) is 22.7. The van der Waals surface area contributed by atoms with E-state index in [1.54, 1.807) is 18.4 Å². The summed E-state index contributed by atoms with van der Waals surface area (Å²) < 4.78 is 5.31. The normalized spacial score (nSPS) is 17.8. The molecule has 2 atom stereocenters. The van der Waals surface area contributed by atoms with Crippen LogP contribution in [0.1, 0.15) is 45.2 Å². The van der Waals surface area contributed by atoms with Crippen LogP contribution in [0.3, 0.4) is 0 Å². The minimum atomic E-state index is -0.500. The molecule has 2 amide bonds. The Bertz CT molecular complexity index is 1100. The molecule has 1 aromatic heterocycles. The first-order valence-corrected chi connectivity index (χ1v) is 11.7. The fourth-order valence-electron chi connectivity index (χ4n) is 4.50. The van der Waals surface area contributed by atoms with Crippen LogP contribution in [0.25, 0.3) is 0 Å². The SMILES string of the molecule is CCN(C(=O)C1c2ccccc2C(=O)N(CCOC)C1c1cccs1)c1cccc(C)c1. The number of carbonyl (C=O) groups excluding carboxylic acids is 2. The summed E-state index contributed by atoms with van der Waals surface area (Å²) in [7, 11) is 1.63. The fraction of sp³-hybridized carbons (Fsp3) is 0.308. The summed E-state index contributed by atoms with van der Waals surface area (Å²) in [6.45, 7) is 5.39. The molecule has 0 saturated heterocycles. The van der Waals surface area contributed by atoms with Crippen molar-refractivity contribution in [3.8, 4) is 0 Å². The molecule has 3 aromatic rings. The summed E-state index contributed by atoms with van der Waals surface area (Å²) in [5.74, 6) is -0.558. The van der Waals surface area contributed by atoms with Crippen LogP contribution >= 0.6 is 11.3 Å². The Kier molecular flexibility index (Phi) is 6.72. The van der Waals surface area contributed by atoms with Crippen molar-refractivity contribution in [2.45, 2.75) is 25.8 Å². The first-order valence-electron chi connectivity index (χ1n) is 10.9. The van der Waals surface area contributed by atoms with E-state index < -0.39 is 5.92 Å². The number of thiophene rings is 1. The Morgan fingerprint density at radius 3 is 2.62 bits per heavy atom. The van der Waals surface area contributed by atoms with Gasteiger partial charge in [0, 0.05) is 36.3 Å². The molecule has 0 aliphatic carbocycles. The van der Waals surface area contributed by atoms with Crippen molar-refractivity contribution in [2.75, 3.05) is 31.7 Å². The van der Waals surface area contributed by atoms with Gasteiger partial charge < -0.3 is 14.5 Å². The maximum absolute atomic E-state index is 14.2. The van der Waals surface area contributed by atoms with Crippen LogP contribution in [0, 0.1) is 6.92 Å². The van der Waals surface area contributed by atoms with E-state index in [1.807, 2.05) is 89.7 Å². The second-order valence-corrected chi connectivity index (χ2v) is 8.92. The van der Waals surface area contributed by atoms with Gasteiger partial charge in [0.2, 0.25) is 5.91 Å². The van der Waals surface area contributed by atoms with Crippen LogP contribution in [0.2, 0.25) is 0 Å². The number of nitrogens with zero attached hydrogens (tertiary/aromatic N) is 2. The number of aryl methyl sites for hydroxylation is 1. The highest BCUT2D eigenvalue weighted by Crippen LogP contribution is 2.45. The zero-order valence-electron chi connectivity index (χ0n) is 18.7. The second kappa shape index (κ2) is 9.67. The summed E-state index contributed by atoms with van der Waals surface area (Å²) in [5, 5.41) is 1.99. The summed E-state index contributed by atoms with van der Waals surface area (Å²) >= 11 is 1.58. The molecule has 0 fully saturated rings. The lowest BCUT2D eigenvalue weighted by molar-refractivity contribution is -0.121. The van der Waals surface area contributed by atoms with Gasteiger partial charge in [0.25, 0.3) is 5.91 Å². The topological polar surface area (TPSA) is 49.9 Å². The van der Waals surface area contributed by atoms with Crippen LogP contribution < -0.4 is 4.90 Å². The molecule has 1 aliphatic rings. The Morgan fingerprint density at radius 2 is 1.94 bits per heavy atom. The Hall–Kier alpha value is -2.96. The third-order valence-electron chi connectivity index (χ3n) is 5.97. The lowest BCUT2D eigenvalue weighted by Gasteiger charge is -2.42. The molecule has 0 radical (unpaired) electrons. The first-order chi connectivity index (χ1) is 15.6. The van der Waals surface area contributed by atoms with Gasteiger partial charge in [-0.2, -0.15) is 0 Å². The van der Waals surface area contributed by atoms with E-state index in [4.69, 9.17) is 4.74 Å². The maximum Gasteiger partial charge on any atom is 0.254 e. The van der Waals surface area contributed by atoms with Gasteiger partial charge >= 0.3 is 0 Å². The molecule has 6 heteroatoms. The molecule has 2 unspecified atom stereocenters. The van der Waals surface area contributed by atoms with Crippen LogP contribution in [0.4, 0.5) is 5.69 Å². The first kappa shape index (κ1) is 22.2. The number of amides is 2. The minimum absolute atomic E-state index is 0.00105. The number of carbonyl (C=O) groups is 2. The molecular weight excluding hydrogens is 420 g/mol. The van der Waals surface area contributed by atoms with Gasteiger partial charge in [0.15, 0.2) is 0 Å². The molecular formula is C26H28N2O3S. The molecule has 0 spiro atoms. The molecule has 32 heavy (non-hydrogen) atoms. The number of methoxy groups -OCH3 is 1. The van der Waals surface area contributed by atoms with Crippen LogP contribution in [-0.4, -0.2) is 43.5 Å². The van der Waals surface area contributed by atoms with Gasteiger partial charge in [0.05, 0.1) is 18.6 Å². The Morgan fingerprint density at radius 1 is 1.12 bits per heavy atom. The van der Waals surface area contributed by atoms with Crippen molar-refractivity contribution >= 4 is 28.8 Å². The van der Waals surface area contributed by atoms with Crippen molar-refractivity contribution in [1.82, 2.24) is 4.90 Å². The van der Waals surface area contributed by atoms with Gasteiger partial charge in [-0.15, -0.1) is 11.3 Å². The molecule has 1 aliphatic heterocycles. The molecule has 2 aromatic carbocycles. The standard InChI is InChI=1S/C26H28N2O3S/c1-4-27(19-10-7-9-18(2)17-19)26(30)23-20-11-5-6-12-21(20)25(29)28(14-15-31-3)24(23)22-13-8-16-32-22/h5-13,16-17,23-24H,4,14-15H2,1-3H3. The highest BCUT2D eigenvalue weighted by atomic mass is 32.1. The van der Waals surface area contributed by atoms with Gasteiger partial charge in [-0.05, 0) is 54.6 Å². The van der Waals surface area contributed by atoms with Crippen molar-refractivity contribution in [3.63, 3.8) is 0 Å². The molecule has 166 valence electrons. The van der Waals surface area contributed by atoms with E-state index >= 15 is 0 Å². The number of likely N-dealkylation sites (N-methyl/N-ethyl adjacent to an activating group) is 1. The number of benzene rings is 2. The highest BCUT2D eigenvalue weighted by molar-refractivity contribution is 7.10. The zero-order valence-corrected chi connectivity index (χ0v) is 19.5. The third kappa shape index (κ3) is 4.08. The van der Waals surface area contributed by atoms with Crippen LogP contribution in [-0.2, 0) is 9.53 Å². The van der Waals surface area contributed by atoms with Gasteiger partial charge in [-0.1, -0.05) is 36.4 Å². The average Bonchev–Trinajstić information content (AvgIpc) is 3.33. The average molecular weight is 449 g/mol. The Balaban J connectivity index is 1.86. The summed E-state index contributed by atoms with van der Waals surface area (Å²) in [6, 6.07) is 19.1. The van der Waals surface area contributed by atoms with E-state index in [2.05, 4.69) is 0 Å². The van der Waals surface area contributed by atoms with Crippen molar-refractivity contribution in [2.24, 2.45) is 0 Å². The molecule has 4 rings (SSSR count). The highest BCUT2D eigenvalue weighted by Gasteiger charge is 2.45. The third-order valence-corrected chi connectivity index (χ3v) is 6.91. The predicted octanol–water partition coefficient (Wildman–Crippen LogP) is 5.04. The van der Waals surface area contributed by atoms with Crippen molar-refractivity contribution < 1.29 is 14.3 Å². The monoisotopic (exact) mass is 448 g/mol. The van der Waals surface area contributed by atoms with E-state index in [0.717, 1.165) is 21.7 Å². The van der Waals surface area contributed by atoms with Crippen LogP contribution in [0.15, 0.2) is 66.0 Å². The van der Waals surface area contributed by atoms with Crippen LogP contribution in [0.5, 0.6) is 0 Å². The molecule has 0 saturated carbocycles. The minimum Gasteiger partial charge on any atom is -0.383 e. The maximum atomic E-state index is 14.2. The lowest BCUT2D eigenvalue weighted by Crippen LogP contribution is -2.49. The smallest absolute Gasteiger partial charge is 0.254 e. The summed E-state index contributed by atoms with van der Waals surface area (Å²) in [4.78, 5) is 32.3. The van der Waals surface area contributed by atoms with Crippen molar-refractivity contribution in [3.05, 3.63) is 87.6 Å². The van der Waals surface area contributed by atoms with Gasteiger partial charge in [-0.3, -0.25) is 9.59 Å². The van der Waals surface area contributed by atoms with E-state index in [9.17, 15) is 9.59 Å². The Labute approximate surface area is 193 Å². The molecule has 0 N–H and O–H groups in total. The summed E-state index contributed by atoms with van der Waals surface area (Å²) in [5.41, 5.74) is 3.36. The number of fused-ring (bicyclic) bond motifs is 1. The lowest BCUT2D eigenvalue weighted by atomic mass is 9.81. The predicted molar refractivity (Wildman–Crippen MR) is 128 cm³/mol. The van der Waals surface area contributed by atoms with E-state index in [1.165, 1.54) is 0 Å². The molecule has 5 nitrogen and oxygen atoms in total. The van der Waals surface area contributed by atoms with E-state index in [0.29, 0.717) is 25.3 Å². The summed E-state index contributed by atoms with van der Waals surface area (Å²) in [6.07, 6.45) is 0. The second-order valence-electron chi connectivity index (χ2n) is 7.94. The number of hydrogen-bond acceptors (Lipinski definition) is 4. The van der Waals surface area contributed by atoms with E-state index in [-0.39, 0.29) is 17.9 Å². The number of hydrogen-bond donors (Lipinski definition) is 0. The molecule has 0 bridgehead atoms. The fourth-order valence-corrected chi connectivity index (χ4v) is 5.37. The van der Waals surface area contributed by atoms with Gasteiger partial charge in [0.1, 0.15) is 0 Å². The number of rotatable bonds is 7. The molecule has 2 heterocycles. The largest absolute Gasteiger partial charge is 0.383 e. The quantitative estimate of drug-likeness (QED) is 0.509. The number of ether oxygens (including phenoxy) is 1. The van der Waals surface area contributed by atoms with Crippen molar-refractivity contribution in [1.29, 1.82) is 0 Å². The van der Waals surface area contributed by atoms with Gasteiger partial charge in [-0.25, -0.2) is 0 Å².